The maximum Gasteiger partial charge on any atom is 0.355 e. The molecule has 0 aliphatic rings. The number of rotatable bonds is 4. The fourth-order valence-electron chi connectivity index (χ4n) is 2.86. The van der Waals surface area contributed by atoms with Crippen LogP contribution in [0.25, 0.3) is 16.0 Å². The molecule has 2 aromatic carbocycles. The van der Waals surface area contributed by atoms with Gasteiger partial charge >= 0.3 is 5.97 Å². The summed E-state index contributed by atoms with van der Waals surface area (Å²) >= 11 is 7.48. The molecule has 124 valence electrons. The molecular formula is C19H13ClN2O2S. The van der Waals surface area contributed by atoms with Crippen LogP contribution < -0.4 is 0 Å². The number of carboxylic acid groups (broad SMARTS) is 1. The van der Waals surface area contributed by atoms with Crippen LogP contribution in [-0.4, -0.2) is 20.6 Å². The van der Waals surface area contributed by atoms with Gasteiger partial charge in [-0.3, -0.25) is 4.57 Å². The van der Waals surface area contributed by atoms with Crippen molar-refractivity contribution in [1.29, 1.82) is 0 Å². The Morgan fingerprint density at radius 2 is 2.00 bits per heavy atom. The molecule has 4 nitrogen and oxygen atoms in total. The molecule has 0 amide bonds. The number of hydrogen-bond acceptors (Lipinski definition) is 3. The van der Waals surface area contributed by atoms with E-state index in [4.69, 9.17) is 16.7 Å². The van der Waals surface area contributed by atoms with Gasteiger partial charge in [-0.2, -0.15) is 0 Å². The number of halogens is 1. The van der Waals surface area contributed by atoms with Gasteiger partial charge in [0.2, 0.25) is 0 Å². The molecule has 0 radical (unpaired) electrons. The second kappa shape index (κ2) is 6.35. The summed E-state index contributed by atoms with van der Waals surface area (Å²) < 4.78 is 1.91. The van der Waals surface area contributed by atoms with E-state index in [2.05, 4.69) is 17.1 Å². The first kappa shape index (κ1) is 15.9. The average molecular weight is 369 g/mol. The molecule has 0 atom stereocenters. The quantitative estimate of drug-likeness (QED) is 0.549. The van der Waals surface area contributed by atoms with Crippen LogP contribution in [0.15, 0.2) is 60.1 Å². The molecule has 0 aliphatic carbocycles. The minimum absolute atomic E-state index is 0.0495. The third-order valence-corrected chi connectivity index (χ3v) is 5.08. The molecular weight excluding hydrogens is 356 g/mol. The van der Waals surface area contributed by atoms with Crippen LogP contribution in [0.2, 0.25) is 5.02 Å². The highest BCUT2D eigenvalue weighted by atomic mass is 35.5. The maximum atomic E-state index is 11.1. The van der Waals surface area contributed by atoms with Crippen molar-refractivity contribution < 1.29 is 9.90 Å². The third kappa shape index (κ3) is 3.04. The van der Waals surface area contributed by atoms with Crippen LogP contribution in [0, 0.1) is 0 Å². The number of carboxylic acids is 1. The van der Waals surface area contributed by atoms with Crippen molar-refractivity contribution >= 4 is 39.8 Å². The van der Waals surface area contributed by atoms with E-state index in [0.717, 1.165) is 22.9 Å². The topological polar surface area (TPSA) is 55.1 Å². The lowest BCUT2D eigenvalue weighted by molar-refractivity contribution is 0.0691. The Labute approximate surface area is 152 Å². The monoisotopic (exact) mass is 368 g/mol. The summed E-state index contributed by atoms with van der Waals surface area (Å²) in [4.78, 5) is 15.3. The zero-order chi connectivity index (χ0) is 17.4. The van der Waals surface area contributed by atoms with Gasteiger partial charge in [0.25, 0.3) is 0 Å². The van der Waals surface area contributed by atoms with Crippen LogP contribution in [0.1, 0.15) is 21.6 Å². The molecule has 2 heterocycles. The molecule has 0 saturated heterocycles. The van der Waals surface area contributed by atoms with Crippen LogP contribution >= 0.6 is 22.9 Å². The first-order chi connectivity index (χ1) is 12.1. The fraction of sp³-hybridized carbons (Fsp3) is 0.0526. The first-order valence-corrected chi connectivity index (χ1v) is 8.90. The van der Waals surface area contributed by atoms with Crippen molar-refractivity contribution in [3.63, 3.8) is 0 Å². The molecule has 6 heteroatoms. The van der Waals surface area contributed by atoms with Gasteiger partial charge in [-0.05, 0) is 29.7 Å². The zero-order valence-corrected chi connectivity index (χ0v) is 14.6. The van der Waals surface area contributed by atoms with Gasteiger partial charge < -0.3 is 5.11 Å². The second-order valence-electron chi connectivity index (χ2n) is 5.67. The van der Waals surface area contributed by atoms with E-state index in [9.17, 15) is 4.79 Å². The van der Waals surface area contributed by atoms with Gasteiger partial charge in [-0.15, -0.1) is 11.3 Å². The van der Waals surface area contributed by atoms with Gasteiger partial charge in [-0.1, -0.05) is 48.0 Å². The SMILES string of the molecule is O=C(O)c1csc(-n2cc(Cc3ccccc3)c3ccc(Cl)cc32)n1. The number of aromatic carboxylic acids is 1. The number of aromatic nitrogens is 2. The van der Waals surface area contributed by atoms with Gasteiger partial charge in [0.1, 0.15) is 0 Å². The van der Waals surface area contributed by atoms with E-state index in [1.54, 1.807) is 5.38 Å². The lowest BCUT2D eigenvalue weighted by atomic mass is 10.0. The molecule has 0 saturated carbocycles. The first-order valence-electron chi connectivity index (χ1n) is 7.64. The predicted octanol–water partition coefficient (Wildman–Crippen LogP) is 5.03. The highest BCUT2D eigenvalue weighted by Crippen LogP contribution is 2.30. The van der Waals surface area contributed by atoms with Crippen LogP contribution in [0.5, 0.6) is 0 Å². The molecule has 4 aromatic rings. The van der Waals surface area contributed by atoms with Crippen molar-refractivity contribution in [1.82, 2.24) is 9.55 Å². The number of nitrogens with zero attached hydrogens (tertiary/aromatic N) is 2. The lowest BCUT2D eigenvalue weighted by Gasteiger charge is -2.00. The Morgan fingerprint density at radius 3 is 2.72 bits per heavy atom. The summed E-state index contributed by atoms with van der Waals surface area (Å²) in [6, 6.07) is 16.0. The number of fused-ring (bicyclic) bond motifs is 1. The molecule has 0 spiro atoms. The summed E-state index contributed by atoms with van der Waals surface area (Å²) in [5, 5.41) is 13.0. The lowest BCUT2D eigenvalue weighted by Crippen LogP contribution is -1.98. The highest BCUT2D eigenvalue weighted by molar-refractivity contribution is 7.12. The van der Waals surface area contributed by atoms with Crippen molar-refractivity contribution in [3.8, 4) is 5.13 Å². The van der Waals surface area contributed by atoms with Crippen molar-refractivity contribution in [3.05, 3.63) is 82.0 Å². The molecule has 0 unspecified atom stereocenters. The van der Waals surface area contributed by atoms with Gasteiger partial charge in [0.05, 0.1) is 5.52 Å². The summed E-state index contributed by atoms with van der Waals surface area (Å²) in [6.45, 7) is 0. The third-order valence-electron chi connectivity index (χ3n) is 4.00. The minimum atomic E-state index is -1.03. The smallest absolute Gasteiger partial charge is 0.355 e. The number of benzene rings is 2. The average Bonchev–Trinajstić information content (AvgIpc) is 3.21. The molecule has 0 fully saturated rings. The summed E-state index contributed by atoms with van der Waals surface area (Å²) in [6.07, 6.45) is 2.79. The Hall–Kier alpha value is -2.63. The Morgan fingerprint density at radius 1 is 1.20 bits per heavy atom. The van der Waals surface area contributed by atoms with E-state index in [1.165, 1.54) is 16.9 Å². The van der Waals surface area contributed by atoms with Crippen LogP contribution in [-0.2, 0) is 6.42 Å². The molecule has 25 heavy (non-hydrogen) atoms. The molecule has 2 aromatic heterocycles. The van der Waals surface area contributed by atoms with Crippen LogP contribution in [0.3, 0.4) is 0 Å². The normalized spacial score (nSPS) is 11.1. The van der Waals surface area contributed by atoms with Gasteiger partial charge in [0, 0.05) is 22.0 Å². The Kier molecular flexibility index (Phi) is 4.03. The van der Waals surface area contributed by atoms with Crippen molar-refractivity contribution in [2.24, 2.45) is 0 Å². The van der Waals surface area contributed by atoms with Gasteiger partial charge in [0.15, 0.2) is 10.8 Å². The standard InChI is InChI=1S/C19H13ClN2O2S/c20-14-6-7-15-13(8-12-4-2-1-3-5-12)10-22(17(15)9-14)19-21-16(11-25-19)18(23)24/h1-7,9-11H,8H2,(H,23,24). The predicted molar refractivity (Wildman–Crippen MR) is 100 cm³/mol. The van der Waals surface area contributed by atoms with Crippen LogP contribution in [0.4, 0.5) is 0 Å². The van der Waals surface area contributed by atoms with E-state index >= 15 is 0 Å². The second-order valence-corrected chi connectivity index (χ2v) is 6.94. The molecule has 0 aliphatic heterocycles. The van der Waals surface area contributed by atoms with Crippen molar-refractivity contribution in [2.75, 3.05) is 0 Å². The number of carbonyl (C=O) groups is 1. The number of hydrogen-bond donors (Lipinski definition) is 1. The summed E-state index contributed by atoms with van der Waals surface area (Å²) in [5.41, 5.74) is 3.32. The highest BCUT2D eigenvalue weighted by Gasteiger charge is 2.15. The summed E-state index contributed by atoms with van der Waals surface area (Å²) in [5.74, 6) is -1.03. The zero-order valence-electron chi connectivity index (χ0n) is 13.0. The van der Waals surface area contributed by atoms with E-state index < -0.39 is 5.97 Å². The minimum Gasteiger partial charge on any atom is -0.476 e. The fourth-order valence-corrected chi connectivity index (χ4v) is 3.81. The largest absolute Gasteiger partial charge is 0.476 e. The Balaban J connectivity index is 1.86. The van der Waals surface area contributed by atoms with E-state index in [-0.39, 0.29) is 5.69 Å². The molecule has 0 bridgehead atoms. The summed E-state index contributed by atoms with van der Waals surface area (Å²) in [7, 11) is 0. The van der Waals surface area contributed by atoms with E-state index in [0.29, 0.717) is 10.2 Å². The molecule has 4 rings (SSSR count). The number of thiazole rings is 1. The van der Waals surface area contributed by atoms with Crippen molar-refractivity contribution in [2.45, 2.75) is 6.42 Å². The molecule has 1 N–H and O–H groups in total. The van der Waals surface area contributed by atoms with E-state index in [1.807, 2.05) is 47.2 Å². The Bertz CT molecular complexity index is 1070. The maximum absolute atomic E-state index is 11.1. The van der Waals surface area contributed by atoms with Gasteiger partial charge in [-0.25, -0.2) is 9.78 Å².